The van der Waals surface area contributed by atoms with Gasteiger partial charge in [0.2, 0.25) is 0 Å². The Morgan fingerprint density at radius 1 is 0.923 bits per heavy atom. The van der Waals surface area contributed by atoms with Crippen molar-refractivity contribution in [3.63, 3.8) is 0 Å². The van der Waals surface area contributed by atoms with Gasteiger partial charge in [-0.3, -0.25) is 0 Å². The summed E-state index contributed by atoms with van der Waals surface area (Å²) >= 11 is 0. The molecular formula is C11H12N2. The van der Waals surface area contributed by atoms with Crippen LogP contribution in [0.3, 0.4) is 0 Å². The molecule has 2 nitrogen and oxygen atoms in total. The first-order valence-corrected chi connectivity index (χ1v) is 4.14. The number of nitrogens with two attached hydrogens (primary N) is 1. The molecule has 2 heteroatoms. The average Bonchev–Trinajstić information content (AvgIpc) is 2.19. The van der Waals surface area contributed by atoms with Gasteiger partial charge in [-0.25, -0.2) is 4.98 Å². The van der Waals surface area contributed by atoms with Crippen molar-refractivity contribution in [2.75, 3.05) is 5.73 Å². The zero-order valence-electron chi connectivity index (χ0n) is 7.14. The smallest absolute Gasteiger partial charge is 0.124 e. The number of pyridine rings is 1. The molecule has 0 amide bonds. The molecule has 0 saturated carbocycles. The fourth-order valence-corrected chi connectivity index (χ4v) is 1.22. The van der Waals surface area contributed by atoms with Crippen LogP contribution in [0.2, 0.25) is 0 Å². The minimum absolute atomic E-state index is 0. The fourth-order valence-electron chi connectivity index (χ4n) is 1.22. The molecular weight excluding hydrogens is 160 g/mol. The van der Waals surface area contributed by atoms with Gasteiger partial charge in [-0.15, -0.1) is 0 Å². The minimum Gasteiger partial charge on any atom is -0.384 e. The van der Waals surface area contributed by atoms with Gasteiger partial charge in [0.1, 0.15) is 5.82 Å². The molecule has 0 atom stereocenters. The summed E-state index contributed by atoms with van der Waals surface area (Å²) in [5.74, 6) is 0.557. The highest BCUT2D eigenvalue weighted by Gasteiger charge is 1.96. The van der Waals surface area contributed by atoms with Crippen LogP contribution in [0.15, 0.2) is 48.5 Å². The number of anilines is 1. The first-order valence-electron chi connectivity index (χ1n) is 4.14. The van der Waals surface area contributed by atoms with Crippen molar-refractivity contribution in [1.82, 2.24) is 4.98 Å². The maximum absolute atomic E-state index is 5.58. The normalized spacial score (nSPS) is 9.85. The van der Waals surface area contributed by atoms with Crippen molar-refractivity contribution in [2.45, 2.75) is 0 Å². The van der Waals surface area contributed by atoms with Crippen molar-refractivity contribution in [3.8, 4) is 11.3 Å². The van der Waals surface area contributed by atoms with Gasteiger partial charge in [0.05, 0.1) is 5.69 Å². The summed E-state index contributed by atoms with van der Waals surface area (Å²) in [7, 11) is 0. The molecule has 0 radical (unpaired) electrons. The Morgan fingerprint density at radius 3 is 2.38 bits per heavy atom. The Morgan fingerprint density at radius 2 is 1.69 bits per heavy atom. The second-order valence-electron chi connectivity index (χ2n) is 2.81. The largest absolute Gasteiger partial charge is 0.384 e. The van der Waals surface area contributed by atoms with Gasteiger partial charge in [0.15, 0.2) is 0 Å². The number of rotatable bonds is 1. The molecule has 0 unspecified atom stereocenters. The summed E-state index contributed by atoms with van der Waals surface area (Å²) in [6.07, 6.45) is 0. The SMILES string of the molecule is Nc1cccc(-c2ccccc2)n1.[HH]. The van der Waals surface area contributed by atoms with Gasteiger partial charge in [0, 0.05) is 6.99 Å². The van der Waals surface area contributed by atoms with E-state index in [0.717, 1.165) is 11.3 Å². The lowest BCUT2D eigenvalue weighted by molar-refractivity contribution is 1.33. The monoisotopic (exact) mass is 172 g/mol. The molecule has 0 fully saturated rings. The Labute approximate surface area is 78.5 Å². The first-order chi connectivity index (χ1) is 6.36. The summed E-state index contributed by atoms with van der Waals surface area (Å²) in [4.78, 5) is 4.22. The third-order valence-corrected chi connectivity index (χ3v) is 1.84. The van der Waals surface area contributed by atoms with E-state index in [1.807, 2.05) is 42.5 Å². The van der Waals surface area contributed by atoms with Crippen LogP contribution in [0.1, 0.15) is 1.43 Å². The Bertz CT molecular complexity index is 401. The van der Waals surface area contributed by atoms with Gasteiger partial charge in [-0.1, -0.05) is 36.4 Å². The molecule has 0 aliphatic carbocycles. The maximum Gasteiger partial charge on any atom is 0.124 e. The van der Waals surface area contributed by atoms with Crippen LogP contribution in [-0.4, -0.2) is 4.98 Å². The Hall–Kier alpha value is -1.83. The molecule has 1 heterocycles. The topological polar surface area (TPSA) is 38.9 Å². The molecule has 66 valence electrons. The van der Waals surface area contributed by atoms with E-state index in [1.54, 1.807) is 6.07 Å². The Kier molecular flexibility index (Phi) is 1.96. The Balaban J connectivity index is 0.000000980. The van der Waals surface area contributed by atoms with Crippen molar-refractivity contribution < 1.29 is 1.43 Å². The van der Waals surface area contributed by atoms with E-state index in [9.17, 15) is 0 Å². The zero-order valence-corrected chi connectivity index (χ0v) is 7.14. The number of benzene rings is 1. The number of hydrogen-bond acceptors (Lipinski definition) is 2. The number of hydrogen-bond donors (Lipinski definition) is 1. The number of aromatic nitrogens is 1. The van der Waals surface area contributed by atoms with Crippen molar-refractivity contribution in [3.05, 3.63) is 48.5 Å². The first kappa shape index (κ1) is 7.80. The van der Waals surface area contributed by atoms with E-state index in [2.05, 4.69) is 4.98 Å². The van der Waals surface area contributed by atoms with Crippen LogP contribution in [-0.2, 0) is 0 Å². The highest BCUT2D eigenvalue weighted by Crippen LogP contribution is 2.16. The van der Waals surface area contributed by atoms with Gasteiger partial charge < -0.3 is 5.73 Å². The van der Waals surface area contributed by atoms with E-state index in [1.165, 1.54) is 0 Å². The summed E-state index contributed by atoms with van der Waals surface area (Å²) in [6.45, 7) is 0. The standard InChI is InChI=1S/C11H10N2.H2/c12-11-8-4-7-10(13-11)9-5-2-1-3-6-9;/h1-8H,(H2,12,13);1H. The molecule has 2 aromatic rings. The molecule has 0 bridgehead atoms. The summed E-state index contributed by atoms with van der Waals surface area (Å²) in [6, 6.07) is 15.6. The zero-order chi connectivity index (χ0) is 9.10. The van der Waals surface area contributed by atoms with Gasteiger partial charge in [-0.05, 0) is 12.1 Å². The average molecular weight is 172 g/mol. The molecule has 13 heavy (non-hydrogen) atoms. The van der Waals surface area contributed by atoms with E-state index in [4.69, 9.17) is 5.73 Å². The van der Waals surface area contributed by atoms with Crippen LogP contribution in [0, 0.1) is 0 Å². The van der Waals surface area contributed by atoms with Crippen LogP contribution in [0.25, 0.3) is 11.3 Å². The molecule has 0 aliphatic heterocycles. The van der Waals surface area contributed by atoms with Crippen molar-refractivity contribution in [2.24, 2.45) is 0 Å². The van der Waals surface area contributed by atoms with Crippen LogP contribution >= 0.6 is 0 Å². The summed E-state index contributed by atoms with van der Waals surface area (Å²) in [5.41, 5.74) is 7.59. The summed E-state index contributed by atoms with van der Waals surface area (Å²) < 4.78 is 0. The lowest BCUT2D eigenvalue weighted by Crippen LogP contribution is -1.90. The maximum atomic E-state index is 5.58. The lowest BCUT2D eigenvalue weighted by Gasteiger charge is -2.00. The fraction of sp³-hybridized carbons (Fsp3) is 0. The predicted octanol–water partition coefficient (Wildman–Crippen LogP) is 2.58. The third-order valence-electron chi connectivity index (χ3n) is 1.84. The van der Waals surface area contributed by atoms with Gasteiger partial charge >= 0.3 is 0 Å². The molecule has 0 aliphatic rings. The predicted molar refractivity (Wildman–Crippen MR) is 56.2 cm³/mol. The van der Waals surface area contributed by atoms with E-state index in [-0.39, 0.29) is 1.43 Å². The van der Waals surface area contributed by atoms with Crippen molar-refractivity contribution >= 4 is 5.82 Å². The van der Waals surface area contributed by atoms with E-state index < -0.39 is 0 Å². The quantitative estimate of drug-likeness (QED) is 0.718. The van der Waals surface area contributed by atoms with E-state index in [0.29, 0.717) is 5.82 Å². The molecule has 1 aromatic carbocycles. The molecule has 0 saturated heterocycles. The third kappa shape index (κ3) is 1.67. The van der Waals surface area contributed by atoms with Crippen molar-refractivity contribution in [1.29, 1.82) is 0 Å². The summed E-state index contributed by atoms with van der Waals surface area (Å²) in [5, 5.41) is 0. The van der Waals surface area contributed by atoms with Gasteiger partial charge in [-0.2, -0.15) is 0 Å². The number of nitrogen functional groups attached to an aromatic ring is 1. The van der Waals surface area contributed by atoms with E-state index >= 15 is 0 Å². The second kappa shape index (κ2) is 3.27. The van der Waals surface area contributed by atoms with Crippen LogP contribution < -0.4 is 5.73 Å². The number of nitrogens with zero attached hydrogens (tertiary/aromatic N) is 1. The molecule has 0 spiro atoms. The minimum atomic E-state index is 0. The molecule has 2 rings (SSSR count). The lowest BCUT2D eigenvalue weighted by atomic mass is 10.1. The highest BCUT2D eigenvalue weighted by atomic mass is 14.8. The molecule has 2 N–H and O–H groups in total. The van der Waals surface area contributed by atoms with Crippen LogP contribution in [0.5, 0.6) is 0 Å². The van der Waals surface area contributed by atoms with Crippen LogP contribution in [0.4, 0.5) is 5.82 Å². The highest BCUT2D eigenvalue weighted by molar-refractivity contribution is 5.60. The molecule has 1 aromatic heterocycles. The second-order valence-corrected chi connectivity index (χ2v) is 2.81. The van der Waals surface area contributed by atoms with Gasteiger partial charge in [0.25, 0.3) is 0 Å².